The number of aliphatic hydroxyl groups is 1. The van der Waals surface area contributed by atoms with E-state index >= 15 is 0 Å². The molecule has 7 nitrogen and oxygen atoms in total. The van der Waals surface area contributed by atoms with Crippen LogP contribution in [0.15, 0.2) is 10.9 Å². The fourth-order valence-electron chi connectivity index (χ4n) is 3.05. The average molecular weight is 279 g/mol. The number of amides is 1. The summed E-state index contributed by atoms with van der Waals surface area (Å²) in [5, 5.41) is 12.0. The topological polar surface area (TPSA) is 75.0 Å². The highest BCUT2D eigenvalue weighted by Crippen LogP contribution is 2.33. The summed E-state index contributed by atoms with van der Waals surface area (Å²) in [6.45, 7) is 4.65. The summed E-state index contributed by atoms with van der Waals surface area (Å²) in [5.41, 5.74) is 0.266. The van der Waals surface area contributed by atoms with Crippen LogP contribution in [0, 0.1) is 0 Å². The third-order valence-corrected chi connectivity index (χ3v) is 4.02. The third kappa shape index (κ3) is 1.44. The maximum absolute atomic E-state index is 12.6. The smallest absolute Gasteiger partial charge is 0.278 e. The molecule has 0 saturated carbocycles. The monoisotopic (exact) mass is 279 g/mol. The van der Waals surface area contributed by atoms with Gasteiger partial charge in [-0.25, -0.2) is 4.68 Å². The Bertz CT molecular complexity index is 639. The third-order valence-electron chi connectivity index (χ3n) is 4.02. The van der Waals surface area contributed by atoms with Crippen molar-refractivity contribution < 1.29 is 14.6 Å². The Hall–Kier alpha value is -2.02. The molecule has 1 aromatic heterocycles. The lowest BCUT2D eigenvalue weighted by Gasteiger charge is -2.42. The lowest BCUT2D eigenvalue weighted by atomic mass is 10.2. The molecule has 0 saturated heterocycles. The first kappa shape index (κ1) is 13.0. The summed E-state index contributed by atoms with van der Waals surface area (Å²) in [6.07, 6.45) is -0.956. The van der Waals surface area contributed by atoms with Gasteiger partial charge in [-0.1, -0.05) is 0 Å². The van der Waals surface area contributed by atoms with Crippen molar-refractivity contribution in [2.24, 2.45) is 0 Å². The maximum atomic E-state index is 12.6. The van der Waals surface area contributed by atoms with Gasteiger partial charge in [0, 0.05) is 12.6 Å². The van der Waals surface area contributed by atoms with Crippen molar-refractivity contribution in [2.75, 3.05) is 25.2 Å². The molecule has 0 spiro atoms. The molecule has 0 bridgehead atoms. The minimum Gasteiger partial charge on any atom is -0.491 e. The van der Waals surface area contributed by atoms with Crippen molar-refractivity contribution in [3.63, 3.8) is 0 Å². The molecular weight excluding hydrogens is 262 g/mol. The Morgan fingerprint density at radius 2 is 2.15 bits per heavy atom. The van der Waals surface area contributed by atoms with Crippen LogP contribution in [0.5, 0.6) is 5.75 Å². The Balaban J connectivity index is 2.34. The van der Waals surface area contributed by atoms with E-state index in [1.807, 2.05) is 18.9 Å². The molecule has 2 atom stereocenters. The molecule has 3 heterocycles. The number of carbonyl (C=O) groups excluding carboxylic acids is 1. The highest BCUT2D eigenvalue weighted by atomic mass is 16.5. The maximum Gasteiger partial charge on any atom is 0.278 e. The van der Waals surface area contributed by atoms with Gasteiger partial charge in [-0.05, 0) is 13.8 Å². The quantitative estimate of drug-likeness (QED) is 0.802. The van der Waals surface area contributed by atoms with Gasteiger partial charge in [-0.3, -0.25) is 14.6 Å². The van der Waals surface area contributed by atoms with E-state index in [9.17, 15) is 14.7 Å². The minimum atomic E-state index is -0.778. The molecule has 20 heavy (non-hydrogen) atoms. The van der Waals surface area contributed by atoms with Crippen LogP contribution < -0.4 is 15.2 Å². The van der Waals surface area contributed by atoms with Gasteiger partial charge in [0.25, 0.3) is 5.91 Å². The average Bonchev–Trinajstić information content (AvgIpc) is 2.74. The predicted molar refractivity (Wildman–Crippen MR) is 71.5 cm³/mol. The summed E-state index contributed by atoms with van der Waals surface area (Å²) in [5.74, 6) is -0.218. The first-order valence-electron chi connectivity index (χ1n) is 6.61. The Morgan fingerprint density at radius 3 is 2.75 bits per heavy atom. The first-order chi connectivity index (χ1) is 9.51. The molecule has 1 aromatic rings. The zero-order valence-electron chi connectivity index (χ0n) is 11.7. The van der Waals surface area contributed by atoms with Crippen molar-refractivity contribution in [3.8, 4) is 5.75 Å². The van der Waals surface area contributed by atoms with Gasteiger partial charge < -0.3 is 14.7 Å². The van der Waals surface area contributed by atoms with Crippen LogP contribution in [0.3, 0.4) is 0 Å². The van der Waals surface area contributed by atoms with Crippen LogP contribution in [0.1, 0.15) is 36.1 Å². The highest BCUT2D eigenvalue weighted by Gasteiger charge is 2.43. The number of ether oxygens (including phenoxy) is 1. The Kier molecular flexibility index (Phi) is 2.75. The number of rotatable bonds is 2. The van der Waals surface area contributed by atoms with Gasteiger partial charge in [-0.15, -0.1) is 0 Å². The van der Waals surface area contributed by atoms with E-state index in [-0.39, 0.29) is 28.9 Å². The van der Waals surface area contributed by atoms with Gasteiger partial charge in [0.1, 0.15) is 12.3 Å². The zero-order valence-corrected chi connectivity index (χ0v) is 11.7. The second-order valence-corrected chi connectivity index (χ2v) is 4.99. The van der Waals surface area contributed by atoms with Crippen molar-refractivity contribution in [1.82, 2.24) is 9.58 Å². The molecular formula is C13H17N3O4. The van der Waals surface area contributed by atoms with E-state index < -0.39 is 6.10 Å². The zero-order chi connectivity index (χ0) is 14.6. The molecule has 2 aliphatic heterocycles. The number of aromatic nitrogens is 1. The van der Waals surface area contributed by atoms with E-state index in [2.05, 4.69) is 0 Å². The molecule has 0 aromatic carbocycles. The van der Waals surface area contributed by atoms with Crippen LogP contribution >= 0.6 is 0 Å². The fraction of sp³-hybridized carbons (Fsp3) is 0.538. The van der Waals surface area contributed by atoms with Gasteiger partial charge in [-0.2, -0.15) is 0 Å². The Labute approximate surface area is 115 Å². The lowest BCUT2D eigenvalue weighted by Crippen LogP contribution is -2.58. The summed E-state index contributed by atoms with van der Waals surface area (Å²) >= 11 is 0. The number of hydrogen-bond acceptors (Lipinski definition) is 5. The molecule has 0 fully saturated rings. The number of methoxy groups -OCH3 is 1. The number of nitrogens with zero attached hydrogens (tertiary/aromatic N) is 3. The highest BCUT2D eigenvalue weighted by molar-refractivity contribution is 5.96. The van der Waals surface area contributed by atoms with Gasteiger partial charge in [0.2, 0.25) is 5.43 Å². The molecule has 108 valence electrons. The molecule has 7 heteroatoms. The molecule has 1 amide bonds. The van der Waals surface area contributed by atoms with E-state index in [1.165, 1.54) is 13.2 Å². The molecule has 3 rings (SSSR count). The molecule has 2 aliphatic rings. The lowest BCUT2D eigenvalue weighted by molar-refractivity contribution is 0.0607. The van der Waals surface area contributed by atoms with Crippen LogP contribution in [-0.2, 0) is 0 Å². The van der Waals surface area contributed by atoms with Crippen LogP contribution in [0.4, 0.5) is 0 Å². The van der Waals surface area contributed by atoms with Gasteiger partial charge >= 0.3 is 0 Å². The summed E-state index contributed by atoms with van der Waals surface area (Å²) in [4.78, 5) is 26.3. The van der Waals surface area contributed by atoms with Gasteiger partial charge in [0.15, 0.2) is 11.4 Å². The van der Waals surface area contributed by atoms with Crippen molar-refractivity contribution in [1.29, 1.82) is 0 Å². The van der Waals surface area contributed by atoms with Crippen LogP contribution in [0.25, 0.3) is 0 Å². The largest absolute Gasteiger partial charge is 0.491 e. The van der Waals surface area contributed by atoms with E-state index in [0.717, 1.165) is 0 Å². The summed E-state index contributed by atoms with van der Waals surface area (Å²) < 4.78 is 6.75. The normalized spacial score (nSPS) is 24.1. The van der Waals surface area contributed by atoms with Crippen molar-refractivity contribution in [3.05, 3.63) is 27.7 Å². The van der Waals surface area contributed by atoms with Crippen LogP contribution in [0.2, 0.25) is 0 Å². The number of carbonyl (C=O) groups is 1. The minimum absolute atomic E-state index is 0.0307. The molecule has 1 N–H and O–H groups in total. The van der Waals surface area contributed by atoms with Gasteiger partial charge in [0.05, 0.1) is 19.3 Å². The van der Waals surface area contributed by atoms with Crippen molar-refractivity contribution in [2.45, 2.75) is 26.1 Å². The number of hydrogen-bond donors (Lipinski definition) is 1. The first-order valence-corrected chi connectivity index (χ1v) is 6.61. The standard InChI is InChI=1S/C13H17N3O4/c1-4-14-7(2)15-6-10(18)8-5-9(17)12(20-3)11(13(14)19)16(8)15/h5,7,10,18H,4,6H2,1-3H3. The Morgan fingerprint density at radius 1 is 1.45 bits per heavy atom. The van der Waals surface area contributed by atoms with Crippen LogP contribution in [-0.4, -0.2) is 47.0 Å². The fourth-order valence-corrected chi connectivity index (χ4v) is 3.05. The number of aliphatic hydroxyl groups excluding tert-OH is 1. The summed E-state index contributed by atoms with van der Waals surface area (Å²) in [7, 11) is 1.37. The molecule has 0 aliphatic carbocycles. The second kappa shape index (κ2) is 4.24. The molecule has 0 radical (unpaired) electrons. The summed E-state index contributed by atoms with van der Waals surface area (Å²) in [6, 6.07) is 1.34. The molecule has 2 unspecified atom stereocenters. The van der Waals surface area contributed by atoms with E-state index in [1.54, 1.807) is 9.58 Å². The van der Waals surface area contributed by atoms with E-state index in [0.29, 0.717) is 18.8 Å². The predicted octanol–water partition coefficient (Wildman–Crippen LogP) is -0.336. The SMILES string of the molecule is CCN1C(=O)c2c(OC)c(=O)cc3n2N(CC3O)C1C. The second-order valence-electron chi connectivity index (χ2n) is 4.99. The number of pyridine rings is 1. The van der Waals surface area contributed by atoms with E-state index in [4.69, 9.17) is 4.74 Å². The van der Waals surface area contributed by atoms with Crippen molar-refractivity contribution >= 4 is 5.91 Å².